The van der Waals surface area contributed by atoms with Gasteiger partial charge in [0.25, 0.3) is 0 Å². The maximum Gasteiger partial charge on any atom is 0.235 e. The Balaban J connectivity index is 0. The van der Waals surface area contributed by atoms with Crippen molar-refractivity contribution >= 4 is 28.3 Å². The van der Waals surface area contributed by atoms with Crippen molar-refractivity contribution in [2.24, 2.45) is 11.7 Å². The molecule has 8 heteroatoms. The van der Waals surface area contributed by atoms with E-state index in [1.807, 2.05) is 20.8 Å². The second-order valence-electron chi connectivity index (χ2n) is 4.98. The van der Waals surface area contributed by atoms with Gasteiger partial charge in [-0.1, -0.05) is 13.8 Å². The molecule has 116 valence electrons. The summed E-state index contributed by atoms with van der Waals surface area (Å²) < 4.78 is 24.1. The number of carbonyl (C=O) groups is 1. The van der Waals surface area contributed by atoms with Crippen LogP contribution in [0.15, 0.2) is 0 Å². The minimum Gasteiger partial charge on any atom is -0.348 e. The number of halogens is 1. The first-order valence-corrected chi connectivity index (χ1v) is 7.65. The summed E-state index contributed by atoms with van der Waals surface area (Å²) in [4.78, 5) is 11.8. The summed E-state index contributed by atoms with van der Waals surface area (Å²) in [5, 5.41) is 2.80. The Hall–Kier alpha value is -0.370. The molecule has 0 aliphatic rings. The van der Waals surface area contributed by atoms with Gasteiger partial charge in [-0.05, 0) is 19.8 Å². The van der Waals surface area contributed by atoms with Gasteiger partial charge in [-0.3, -0.25) is 4.79 Å². The summed E-state index contributed by atoms with van der Waals surface area (Å²) >= 11 is 0. The molecule has 0 rings (SSSR count). The number of likely N-dealkylation sites (N-methyl/N-ethyl adjacent to an activating group) is 1. The third-order valence-electron chi connectivity index (χ3n) is 3.33. The maximum atomic E-state index is 11.8. The monoisotopic (exact) mass is 315 g/mol. The van der Waals surface area contributed by atoms with E-state index in [1.165, 1.54) is 7.05 Å². The lowest BCUT2D eigenvalue weighted by Gasteiger charge is -2.34. The van der Waals surface area contributed by atoms with E-state index in [0.717, 1.165) is 4.31 Å². The number of sulfonamides is 1. The molecule has 1 atom stereocenters. The highest BCUT2D eigenvalue weighted by Gasteiger charge is 2.29. The van der Waals surface area contributed by atoms with Crippen LogP contribution in [0, 0.1) is 5.92 Å². The van der Waals surface area contributed by atoms with Crippen LogP contribution in [0.25, 0.3) is 0 Å². The number of rotatable bonds is 7. The maximum absolute atomic E-state index is 11.8. The molecule has 0 aromatic carbocycles. The topological polar surface area (TPSA) is 92.5 Å². The fraction of sp³-hybridized carbons (Fsp3) is 0.909. The van der Waals surface area contributed by atoms with Gasteiger partial charge in [-0.15, -0.1) is 12.4 Å². The lowest BCUT2D eigenvalue weighted by Crippen LogP contribution is -2.57. The van der Waals surface area contributed by atoms with Crippen LogP contribution >= 0.6 is 12.4 Å². The van der Waals surface area contributed by atoms with Gasteiger partial charge in [-0.25, -0.2) is 8.42 Å². The molecule has 0 saturated heterocycles. The van der Waals surface area contributed by atoms with Crippen LogP contribution < -0.4 is 11.1 Å². The molecule has 0 aromatic rings. The zero-order valence-electron chi connectivity index (χ0n) is 12.3. The first-order valence-electron chi connectivity index (χ1n) is 6.04. The summed E-state index contributed by atoms with van der Waals surface area (Å²) in [7, 11) is -1.94. The Morgan fingerprint density at radius 3 is 2.21 bits per heavy atom. The molecule has 3 N–H and O–H groups in total. The van der Waals surface area contributed by atoms with Gasteiger partial charge in [0.1, 0.15) is 0 Å². The molecule has 6 nitrogen and oxygen atoms in total. The van der Waals surface area contributed by atoms with E-state index in [4.69, 9.17) is 5.73 Å². The predicted molar refractivity (Wildman–Crippen MR) is 79.8 cm³/mol. The lowest BCUT2D eigenvalue weighted by molar-refractivity contribution is -0.123. The molecule has 0 radical (unpaired) electrons. The van der Waals surface area contributed by atoms with Crippen LogP contribution in [0.3, 0.4) is 0 Å². The number of hydrogen-bond acceptors (Lipinski definition) is 4. The van der Waals surface area contributed by atoms with Crippen LogP contribution in [-0.2, 0) is 14.8 Å². The number of carbonyl (C=O) groups excluding carboxylic acids is 1. The van der Waals surface area contributed by atoms with Crippen LogP contribution in [0.5, 0.6) is 0 Å². The van der Waals surface area contributed by atoms with Gasteiger partial charge in [0.2, 0.25) is 15.9 Å². The zero-order valence-corrected chi connectivity index (χ0v) is 13.9. The van der Waals surface area contributed by atoms with Crippen LogP contribution in [0.1, 0.15) is 27.7 Å². The number of nitrogens with one attached hydrogen (secondary N) is 1. The number of amides is 1. The Morgan fingerprint density at radius 2 is 1.89 bits per heavy atom. The Kier molecular flexibility index (Phi) is 8.86. The van der Waals surface area contributed by atoms with Gasteiger partial charge < -0.3 is 11.1 Å². The van der Waals surface area contributed by atoms with Gasteiger partial charge >= 0.3 is 0 Å². The summed E-state index contributed by atoms with van der Waals surface area (Å²) in [6, 6.07) is 0. The predicted octanol–water partition coefficient (Wildman–Crippen LogP) is 0.179. The van der Waals surface area contributed by atoms with Gasteiger partial charge in [0.15, 0.2) is 0 Å². The van der Waals surface area contributed by atoms with Crippen molar-refractivity contribution < 1.29 is 13.2 Å². The standard InChI is InChI=1S/C11H25N3O3S.ClH/c1-6-18(16,17)14(5)7-10(15)13-11(4,8-12)9(2)3;/h9H,6-8,12H2,1-5H3,(H,13,15);1H. The summed E-state index contributed by atoms with van der Waals surface area (Å²) in [6.07, 6.45) is 0. The van der Waals surface area contributed by atoms with Gasteiger partial charge in [0, 0.05) is 13.6 Å². The molecule has 1 amide bonds. The van der Waals surface area contributed by atoms with Crippen molar-refractivity contribution in [2.45, 2.75) is 33.2 Å². The second-order valence-corrected chi connectivity index (χ2v) is 7.35. The quantitative estimate of drug-likeness (QED) is 0.701. The smallest absolute Gasteiger partial charge is 0.235 e. The molecule has 0 heterocycles. The minimum absolute atomic E-state index is 0. The van der Waals surface area contributed by atoms with Crippen molar-refractivity contribution in [1.82, 2.24) is 9.62 Å². The van der Waals surface area contributed by atoms with Crippen molar-refractivity contribution in [3.05, 3.63) is 0 Å². The molecule has 1 unspecified atom stereocenters. The molecule has 0 bridgehead atoms. The molecule has 19 heavy (non-hydrogen) atoms. The van der Waals surface area contributed by atoms with Crippen LogP contribution in [0.2, 0.25) is 0 Å². The van der Waals surface area contributed by atoms with Crippen LogP contribution in [0.4, 0.5) is 0 Å². The molecular weight excluding hydrogens is 290 g/mol. The van der Waals surface area contributed by atoms with E-state index < -0.39 is 15.6 Å². The number of nitrogens with zero attached hydrogens (tertiary/aromatic N) is 1. The van der Waals surface area contributed by atoms with Crippen LogP contribution in [-0.4, -0.2) is 50.1 Å². The number of nitrogens with two attached hydrogens (primary N) is 1. The Bertz CT molecular complexity index is 387. The van der Waals surface area contributed by atoms with Crippen molar-refractivity contribution in [3.8, 4) is 0 Å². The fourth-order valence-corrected chi connectivity index (χ4v) is 2.06. The normalized spacial score (nSPS) is 14.9. The van der Waals surface area contributed by atoms with Crippen molar-refractivity contribution in [3.63, 3.8) is 0 Å². The fourth-order valence-electron chi connectivity index (χ4n) is 1.31. The average Bonchev–Trinajstić information content (AvgIpc) is 2.28. The molecule has 0 fully saturated rings. The first-order chi connectivity index (χ1) is 8.09. The Labute approximate surface area is 122 Å². The van der Waals surface area contributed by atoms with E-state index in [9.17, 15) is 13.2 Å². The highest BCUT2D eigenvalue weighted by Crippen LogP contribution is 2.14. The highest BCUT2D eigenvalue weighted by molar-refractivity contribution is 7.89. The Morgan fingerprint density at radius 1 is 1.42 bits per heavy atom. The first kappa shape index (κ1) is 20.9. The van der Waals surface area contributed by atoms with E-state index >= 15 is 0 Å². The largest absolute Gasteiger partial charge is 0.348 e. The third-order valence-corrected chi connectivity index (χ3v) is 5.14. The molecule has 0 saturated carbocycles. The second kappa shape index (κ2) is 8.04. The molecule has 0 aromatic heterocycles. The average molecular weight is 316 g/mol. The molecular formula is C11H26ClN3O3S. The van der Waals surface area contributed by atoms with Gasteiger partial charge in [0.05, 0.1) is 17.8 Å². The third kappa shape index (κ3) is 6.07. The van der Waals surface area contributed by atoms with E-state index in [2.05, 4.69) is 5.32 Å². The van der Waals surface area contributed by atoms with E-state index in [-0.39, 0.29) is 36.5 Å². The van der Waals surface area contributed by atoms with Gasteiger partial charge in [-0.2, -0.15) is 4.31 Å². The minimum atomic E-state index is -3.33. The van der Waals surface area contributed by atoms with E-state index in [1.54, 1.807) is 6.92 Å². The summed E-state index contributed by atoms with van der Waals surface area (Å²) in [5.41, 5.74) is 5.13. The highest BCUT2D eigenvalue weighted by atomic mass is 35.5. The van der Waals surface area contributed by atoms with Crippen molar-refractivity contribution in [1.29, 1.82) is 0 Å². The SMILES string of the molecule is CCS(=O)(=O)N(C)CC(=O)NC(C)(CN)C(C)C.Cl. The molecule has 0 aliphatic carbocycles. The molecule has 0 aliphatic heterocycles. The molecule has 0 spiro atoms. The summed E-state index contributed by atoms with van der Waals surface area (Å²) in [5.74, 6) is -0.189. The van der Waals surface area contributed by atoms with E-state index in [0.29, 0.717) is 6.54 Å². The zero-order chi connectivity index (χ0) is 14.6. The number of hydrogen-bond donors (Lipinski definition) is 2. The van der Waals surface area contributed by atoms with Crippen molar-refractivity contribution in [2.75, 3.05) is 25.9 Å². The lowest BCUT2D eigenvalue weighted by atomic mass is 9.88. The summed E-state index contributed by atoms with van der Waals surface area (Å²) in [6.45, 7) is 7.43.